The van der Waals surface area contributed by atoms with Crippen LogP contribution < -0.4 is 10.4 Å². The van der Waals surface area contributed by atoms with E-state index in [1.807, 2.05) is 9.48 Å². The monoisotopic (exact) mass is 501 g/mol. The maximum absolute atomic E-state index is 11.5. The van der Waals surface area contributed by atoms with E-state index in [9.17, 15) is 28.5 Å². The zero-order chi connectivity index (χ0) is 24.4. The van der Waals surface area contributed by atoms with Crippen molar-refractivity contribution in [2.24, 2.45) is 0 Å². The van der Waals surface area contributed by atoms with Gasteiger partial charge in [-0.1, -0.05) is 12.7 Å². The van der Waals surface area contributed by atoms with E-state index in [1.54, 1.807) is 0 Å². The maximum atomic E-state index is 11.5. The molecule has 3 N–H and O–H groups in total. The van der Waals surface area contributed by atoms with Gasteiger partial charge in [0.05, 0.1) is 41.3 Å². The number of carbonyl (C=O) groups excluding carboxylic acids is 1. The van der Waals surface area contributed by atoms with Gasteiger partial charge in [-0.25, -0.2) is 17.9 Å². The predicted octanol–water partition coefficient (Wildman–Crippen LogP) is -1.16. The number of nitrogens with one attached hydrogen (secondary N) is 1. The van der Waals surface area contributed by atoms with Crippen LogP contribution in [0.15, 0.2) is 58.0 Å². The zero-order valence-electron chi connectivity index (χ0n) is 18.1. The Morgan fingerprint density at radius 1 is 1.33 bits per heavy atom. The first-order chi connectivity index (χ1) is 15.7. The van der Waals surface area contributed by atoms with Gasteiger partial charge in [-0.3, -0.25) is 5.32 Å². The minimum atomic E-state index is -3.84. The first-order valence-electron chi connectivity index (χ1n) is 9.85. The lowest BCUT2D eigenvalue weighted by atomic mass is 10.2. The van der Waals surface area contributed by atoms with Crippen molar-refractivity contribution in [3.63, 3.8) is 0 Å². The summed E-state index contributed by atoms with van der Waals surface area (Å²) in [5, 5.41) is 31.9. The van der Waals surface area contributed by atoms with Gasteiger partial charge >= 0.3 is 0 Å². The molecule has 182 valence electrons. The summed E-state index contributed by atoms with van der Waals surface area (Å²) in [5.41, 5.74) is 1.81. The third kappa shape index (κ3) is 7.55. The van der Waals surface area contributed by atoms with Crippen molar-refractivity contribution in [1.29, 1.82) is 0 Å². The number of aliphatic hydroxyl groups is 2. The Morgan fingerprint density at radius 3 is 2.61 bits per heavy atom. The summed E-state index contributed by atoms with van der Waals surface area (Å²) in [7, 11) is -2.50. The number of hydrogen-bond donors (Lipinski definition) is 3. The van der Waals surface area contributed by atoms with E-state index < -0.39 is 21.6 Å². The van der Waals surface area contributed by atoms with Crippen molar-refractivity contribution >= 4 is 33.7 Å². The van der Waals surface area contributed by atoms with Gasteiger partial charge in [0, 0.05) is 17.1 Å². The summed E-state index contributed by atoms with van der Waals surface area (Å²) in [6.45, 7) is 6.49. The fourth-order valence-corrected chi connectivity index (χ4v) is 4.60. The maximum Gasteiger partial charge on any atom is 0.280 e. The van der Waals surface area contributed by atoms with E-state index in [0.29, 0.717) is 4.90 Å². The van der Waals surface area contributed by atoms with Crippen LogP contribution in [0.25, 0.3) is 0 Å². The lowest BCUT2D eigenvalue weighted by Crippen LogP contribution is -2.30. The molecule has 0 aromatic heterocycles. The van der Waals surface area contributed by atoms with Gasteiger partial charge in [-0.15, -0.1) is 0 Å². The molecule has 2 aliphatic heterocycles. The van der Waals surface area contributed by atoms with Gasteiger partial charge in [-0.2, -0.15) is 4.33 Å². The molecule has 0 saturated carbocycles. The zero-order valence-corrected chi connectivity index (χ0v) is 19.7. The Morgan fingerprint density at radius 2 is 2.03 bits per heavy atom. The van der Waals surface area contributed by atoms with Crippen LogP contribution in [0.2, 0.25) is 0 Å². The average molecular weight is 502 g/mol. The third-order valence-corrected chi connectivity index (χ3v) is 6.97. The topological polar surface area (TPSA) is 151 Å². The van der Waals surface area contributed by atoms with E-state index >= 15 is 0 Å². The second-order valence-electron chi connectivity index (χ2n) is 6.86. The SMILES string of the molecule is C=C(C1=CCCN1CO)C1=[N+](CO)CCN1.COOSc1ccc(S(=O)(=O)CC(=O)[O-])cc1. The van der Waals surface area contributed by atoms with Gasteiger partial charge < -0.3 is 25.0 Å². The second kappa shape index (κ2) is 12.7. The van der Waals surface area contributed by atoms with Crippen LogP contribution >= 0.6 is 12.0 Å². The Hall–Kier alpha value is -2.42. The molecular formula is C20H27N3O8S2. The molecule has 0 bridgehead atoms. The van der Waals surface area contributed by atoms with Gasteiger partial charge in [0.1, 0.15) is 19.8 Å². The van der Waals surface area contributed by atoms with Gasteiger partial charge in [0.15, 0.2) is 16.6 Å². The van der Waals surface area contributed by atoms with Crippen LogP contribution in [0.3, 0.4) is 0 Å². The highest BCUT2D eigenvalue weighted by atomic mass is 32.2. The standard InChI is InChI=1S/C11H17N3O2.C9H10O6S2/c1-9(10-3-2-5-13(10)7-15)11-12-4-6-14(11)8-16;1-14-15-16-7-2-4-8(5-3-7)17(12,13)6-9(10)11/h3,15-16H,1-2,4-8H2;2-5H,6H2,1H3,(H,10,11). The summed E-state index contributed by atoms with van der Waals surface area (Å²) < 4.78 is 29.4. The molecule has 0 fully saturated rings. The molecule has 0 unspecified atom stereocenters. The van der Waals surface area contributed by atoms with E-state index in [-0.39, 0.29) is 18.4 Å². The lowest BCUT2D eigenvalue weighted by Gasteiger charge is -2.19. The smallest absolute Gasteiger partial charge is 0.280 e. The number of carbonyl (C=O) groups is 1. The number of amidine groups is 1. The molecule has 11 nitrogen and oxygen atoms in total. The molecule has 0 saturated heterocycles. The molecule has 0 aliphatic carbocycles. The molecule has 1 aromatic carbocycles. The molecule has 0 spiro atoms. The molecule has 2 heterocycles. The molecule has 0 amide bonds. The minimum Gasteiger partial charge on any atom is -0.549 e. The molecule has 1 aromatic rings. The van der Waals surface area contributed by atoms with E-state index in [0.717, 1.165) is 55.2 Å². The molecule has 33 heavy (non-hydrogen) atoms. The first kappa shape index (κ1) is 26.8. The summed E-state index contributed by atoms with van der Waals surface area (Å²) in [6.07, 6.45) is 3.00. The average Bonchev–Trinajstić information content (AvgIpc) is 3.46. The molecule has 2 aliphatic rings. The Balaban J connectivity index is 0.000000234. The Bertz CT molecular complexity index is 1010. The molecular weight excluding hydrogens is 474 g/mol. The highest BCUT2D eigenvalue weighted by molar-refractivity contribution is 7.94. The minimum absolute atomic E-state index is 0.00619. The van der Waals surface area contributed by atoms with E-state index in [4.69, 9.17) is 0 Å². The Labute approximate surface area is 196 Å². The van der Waals surface area contributed by atoms with Crippen LogP contribution in [0.5, 0.6) is 0 Å². The van der Waals surface area contributed by atoms with Crippen molar-refractivity contribution < 1.29 is 42.3 Å². The van der Waals surface area contributed by atoms with Gasteiger partial charge in [0.25, 0.3) is 5.84 Å². The number of sulfone groups is 1. The van der Waals surface area contributed by atoms with Crippen molar-refractivity contribution in [2.75, 3.05) is 46.0 Å². The van der Waals surface area contributed by atoms with Crippen molar-refractivity contribution in [2.45, 2.75) is 16.2 Å². The Kier molecular flexibility index (Phi) is 10.3. The number of benzene rings is 1. The molecule has 3 rings (SSSR count). The highest BCUT2D eigenvalue weighted by Crippen LogP contribution is 2.22. The van der Waals surface area contributed by atoms with Crippen LogP contribution in [0.1, 0.15) is 6.42 Å². The predicted molar refractivity (Wildman–Crippen MR) is 118 cm³/mol. The van der Waals surface area contributed by atoms with Crippen LogP contribution in [-0.2, 0) is 23.9 Å². The van der Waals surface area contributed by atoms with Crippen molar-refractivity contribution in [3.05, 3.63) is 48.2 Å². The number of carboxylic acids is 1. The summed E-state index contributed by atoms with van der Waals surface area (Å²) in [5.74, 6) is -1.80. The fraction of sp³-hybridized carbons (Fsp3) is 0.400. The molecule has 0 radical (unpaired) electrons. The van der Waals surface area contributed by atoms with Gasteiger partial charge in [-0.05, 0) is 30.7 Å². The van der Waals surface area contributed by atoms with Crippen molar-refractivity contribution in [1.82, 2.24) is 10.2 Å². The number of hydrogen-bond acceptors (Lipinski definition) is 11. The number of aliphatic carboxylic acids is 1. The number of carboxylic acid groups (broad SMARTS) is 1. The van der Waals surface area contributed by atoms with E-state index in [2.05, 4.69) is 27.2 Å². The van der Waals surface area contributed by atoms with Crippen LogP contribution in [-0.4, -0.2) is 85.9 Å². The number of nitrogens with zero attached hydrogens (tertiary/aromatic N) is 2. The quantitative estimate of drug-likeness (QED) is 0.154. The normalized spacial score (nSPS) is 15.6. The molecule has 13 heteroatoms. The highest BCUT2D eigenvalue weighted by Gasteiger charge is 2.28. The second-order valence-corrected chi connectivity index (χ2v) is 9.63. The third-order valence-electron chi connectivity index (χ3n) is 4.69. The van der Waals surface area contributed by atoms with Gasteiger partial charge in [0.2, 0.25) is 0 Å². The summed E-state index contributed by atoms with van der Waals surface area (Å²) >= 11 is 0.908. The van der Waals surface area contributed by atoms with E-state index in [1.165, 1.54) is 31.4 Å². The fourth-order valence-electron chi connectivity index (χ4n) is 3.18. The first-order valence-corrected chi connectivity index (χ1v) is 12.2. The summed E-state index contributed by atoms with van der Waals surface area (Å²) in [4.78, 5) is 17.0. The number of aliphatic hydroxyl groups excluding tert-OH is 2. The number of rotatable bonds is 10. The summed E-state index contributed by atoms with van der Waals surface area (Å²) in [6, 6.07) is 5.54. The molecule has 0 atom stereocenters. The van der Waals surface area contributed by atoms with Crippen LogP contribution in [0, 0.1) is 0 Å². The lowest BCUT2D eigenvalue weighted by molar-refractivity contribution is -0.554. The van der Waals surface area contributed by atoms with Crippen LogP contribution in [0.4, 0.5) is 0 Å². The van der Waals surface area contributed by atoms with Crippen molar-refractivity contribution in [3.8, 4) is 0 Å². The largest absolute Gasteiger partial charge is 0.549 e.